The van der Waals surface area contributed by atoms with Gasteiger partial charge in [0.05, 0.1) is 45.5 Å². The molecule has 0 amide bonds. The van der Waals surface area contributed by atoms with Gasteiger partial charge in [0.1, 0.15) is 47.1 Å². The molecular weight excluding hydrogens is 763 g/mol. The molecular formula is C31H32F7N7O8S. The Labute approximate surface area is 302 Å². The monoisotopic (exact) mass is 795 g/mol. The van der Waals surface area contributed by atoms with E-state index in [2.05, 4.69) is 29.9 Å². The summed E-state index contributed by atoms with van der Waals surface area (Å²) in [5, 5.41) is 16.2. The van der Waals surface area contributed by atoms with Crippen molar-refractivity contribution >= 4 is 16.0 Å². The van der Waals surface area contributed by atoms with Crippen LogP contribution in [0, 0.1) is 5.82 Å². The molecule has 23 heteroatoms. The third kappa shape index (κ3) is 7.98. The van der Waals surface area contributed by atoms with Gasteiger partial charge in [0.25, 0.3) is 5.60 Å². The van der Waals surface area contributed by atoms with E-state index in [-0.39, 0.29) is 53.4 Å². The van der Waals surface area contributed by atoms with E-state index in [1.165, 1.54) is 52.3 Å². The molecule has 0 radical (unpaired) electrons. The van der Waals surface area contributed by atoms with Gasteiger partial charge in [0.2, 0.25) is 21.9 Å². The first-order valence-corrected chi connectivity index (χ1v) is 17.2. The Kier molecular flexibility index (Phi) is 11.6. The number of rotatable bonds is 13. The summed E-state index contributed by atoms with van der Waals surface area (Å²) >= 11 is 0. The SMILES string of the molecule is COc1cccc(OC)c1-n1c(NS(=O)(=O)[C@@H](C)[C@H](C)c2ncc(F)c([C@@H]3COCCO3)n2)nnc1-c1cccc(OCC(O)(C(F)(F)F)C(F)(F)F)n1. The molecule has 294 valence electrons. The number of alkyl halides is 6. The van der Waals surface area contributed by atoms with Gasteiger partial charge in [-0.15, -0.1) is 10.2 Å². The van der Waals surface area contributed by atoms with Crippen LogP contribution in [-0.4, -0.2) is 107 Å². The highest BCUT2D eigenvalue weighted by molar-refractivity contribution is 7.93. The number of ether oxygens (including phenoxy) is 5. The smallest absolute Gasteiger partial charge is 0.429 e. The summed E-state index contributed by atoms with van der Waals surface area (Å²) in [5.41, 5.74) is -5.64. The first-order valence-electron chi connectivity index (χ1n) is 15.7. The van der Waals surface area contributed by atoms with Gasteiger partial charge in [0.15, 0.2) is 11.6 Å². The van der Waals surface area contributed by atoms with Crippen LogP contribution < -0.4 is 18.9 Å². The van der Waals surface area contributed by atoms with E-state index in [0.717, 1.165) is 22.9 Å². The van der Waals surface area contributed by atoms with Crippen molar-refractivity contribution in [1.29, 1.82) is 0 Å². The van der Waals surface area contributed by atoms with Crippen molar-refractivity contribution in [2.24, 2.45) is 0 Å². The number of halogens is 7. The minimum Gasteiger partial charge on any atom is -0.494 e. The average Bonchev–Trinajstić information content (AvgIpc) is 3.54. The van der Waals surface area contributed by atoms with Gasteiger partial charge in [-0.1, -0.05) is 19.1 Å². The van der Waals surface area contributed by atoms with Crippen LogP contribution in [0.5, 0.6) is 17.4 Å². The molecule has 1 saturated heterocycles. The van der Waals surface area contributed by atoms with Crippen molar-refractivity contribution < 1.29 is 67.9 Å². The van der Waals surface area contributed by atoms with Gasteiger partial charge in [-0.25, -0.2) is 27.8 Å². The number of benzene rings is 1. The second kappa shape index (κ2) is 15.5. The number of nitrogens with zero attached hydrogens (tertiary/aromatic N) is 6. The number of pyridine rings is 1. The highest BCUT2D eigenvalue weighted by Crippen LogP contribution is 2.43. The molecule has 54 heavy (non-hydrogen) atoms. The quantitative estimate of drug-likeness (QED) is 0.180. The highest BCUT2D eigenvalue weighted by Gasteiger charge is 2.71. The summed E-state index contributed by atoms with van der Waals surface area (Å²) in [6.07, 6.45) is -12.3. The third-order valence-electron chi connectivity index (χ3n) is 8.35. The maximum absolute atomic E-state index is 14.7. The zero-order valence-electron chi connectivity index (χ0n) is 28.6. The molecule has 0 unspecified atom stereocenters. The van der Waals surface area contributed by atoms with Crippen LogP contribution in [0.15, 0.2) is 42.6 Å². The van der Waals surface area contributed by atoms with Crippen LogP contribution in [0.2, 0.25) is 0 Å². The van der Waals surface area contributed by atoms with Crippen molar-refractivity contribution in [1.82, 2.24) is 29.7 Å². The van der Waals surface area contributed by atoms with Crippen LogP contribution in [0.4, 0.5) is 36.7 Å². The zero-order chi connectivity index (χ0) is 39.6. The van der Waals surface area contributed by atoms with E-state index in [1.807, 2.05) is 0 Å². The minimum absolute atomic E-state index is 0.00116. The lowest BCUT2D eigenvalue weighted by Gasteiger charge is -2.31. The van der Waals surface area contributed by atoms with Gasteiger partial charge in [-0.05, 0) is 25.1 Å². The molecule has 5 rings (SSSR count). The van der Waals surface area contributed by atoms with Gasteiger partial charge < -0.3 is 28.8 Å². The lowest BCUT2D eigenvalue weighted by atomic mass is 10.0. The van der Waals surface area contributed by atoms with Crippen LogP contribution in [-0.2, 0) is 19.5 Å². The molecule has 1 fully saturated rings. The fourth-order valence-electron chi connectivity index (χ4n) is 5.09. The Bertz CT molecular complexity index is 2030. The average molecular weight is 796 g/mol. The number of aromatic nitrogens is 6. The van der Waals surface area contributed by atoms with E-state index in [0.29, 0.717) is 6.61 Å². The summed E-state index contributed by atoms with van der Waals surface area (Å²) in [5.74, 6) is -3.23. The van der Waals surface area contributed by atoms with Crippen LogP contribution in [0.3, 0.4) is 0 Å². The molecule has 0 aliphatic carbocycles. The van der Waals surface area contributed by atoms with Gasteiger partial charge in [-0.2, -0.15) is 26.3 Å². The van der Waals surface area contributed by atoms with Crippen molar-refractivity contribution in [3.05, 3.63) is 59.9 Å². The van der Waals surface area contributed by atoms with Crippen LogP contribution in [0.1, 0.15) is 37.4 Å². The number of sulfonamides is 1. The predicted octanol–water partition coefficient (Wildman–Crippen LogP) is 4.53. The molecule has 1 aliphatic heterocycles. The highest BCUT2D eigenvalue weighted by atomic mass is 32.2. The normalized spacial score (nSPS) is 16.8. The molecule has 15 nitrogen and oxygen atoms in total. The fraction of sp³-hybridized carbons (Fsp3) is 0.452. The Balaban J connectivity index is 1.53. The molecule has 3 aromatic heterocycles. The molecule has 1 aromatic carbocycles. The number of hydrogen-bond acceptors (Lipinski definition) is 13. The van der Waals surface area contributed by atoms with Crippen molar-refractivity contribution in [3.8, 4) is 34.6 Å². The van der Waals surface area contributed by atoms with Crippen LogP contribution in [0.25, 0.3) is 17.2 Å². The molecule has 3 atom stereocenters. The van der Waals surface area contributed by atoms with Gasteiger partial charge in [0, 0.05) is 12.0 Å². The van der Waals surface area contributed by atoms with Gasteiger partial charge in [-0.3, -0.25) is 9.29 Å². The number of methoxy groups -OCH3 is 2. The Morgan fingerprint density at radius 1 is 0.981 bits per heavy atom. The maximum Gasteiger partial charge on any atom is 0.429 e. The number of anilines is 1. The van der Waals surface area contributed by atoms with Crippen LogP contribution >= 0.6 is 0 Å². The summed E-state index contributed by atoms with van der Waals surface area (Å²) in [6.45, 7) is 1.05. The second-order valence-corrected chi connectivity index (χ2v) is 13.8. The molecule has 1 aliphatic rings. The van der Waals surface area contributed by atoms with E-state index in [9.17, 15) is 44.3 Å². The molecule has 0 bridgehead atoms. The lowest BCUT2D eigenvalue weighted by Crippen LogP contribution is -2.60. The van der Waals surface area contributed by atoms with Crippen molar-refractivity contribution in [2.75, 3.05) is 45.4 Å². The third-order valence-corrected chi connectivity index (χ3v) is 10.2. The molecule has 0 spiro atoms. The Morgan fingerprint density at radius 2 is 1.63 bits per heavy atom. The molecule has 2 N–H and O–H groups in total. The van der Waals surface area contributed by atoms with Crippen molar-refractivity contribution in [2.45, 2.75) is 49.1 Å². The Morgan fingerprint density at radius 3 is 2.22 bits per heavy atom. The first kappa shape index (κ1) is 40.3. The predicted molar refractivity (Wildman–Crippen MR) is 172 cm³/mol. The number of nitrogens with one attached hydrogen (secondary N) is 1. The minimum atomic E-state index is -6.16. The van der Waals surface area contributed by atoms with E-state index >= 15 is 0 Å². The lowest BCUT2D eigenvalue weighted by molar-refractivity contribution is -0.373. The van der Waals surface area contributed by atoms with E-state index in [4.69, 9.17) is 23.7 Å². The van der Waals surface area contributed by atoms with Crippen molar-refractivity contribution in [3.63, 3.8) is 0 Å². The summed E-state index contributed by atoms with van der Waals surface area (Å²) in [4.78, 5) is 12.2. The summed E-state index contributed by atoms with van der Waals surface area (Å²) < 4.78 is 152. The van der Waals surface area contributed by atoms with E-state index in [1.54, 1.807) is 0 Å². The van der Waals surface area contributed by atoms with Gasteiger partial charge >= 0.3 is 12.4 Å². The second-order valence-electron chi connectivity index (χ2n) is 11.7. The number of aliphatic hydroxyl groups is 1. The summed E-state index contributed by atoms with van der Waals surface area (Å²) in [7, 11) is -1.91. The largest absolute Gasteiger partial charge is 0.494 e. The summed E-state index contributed by atoms with van der Waals surface area (Å²) in [6, 6.07) is 7.77. The topological polar surface area (TPSA) is 182 Å². The fourth-order valence-corrected chi connectivity index (χ4v) is 6.32. The molecule has 0 saturated carbocycles. The van der Waals surface area contributed by atoms with E-state index < -0.39 is 69.5 Å². The first-order chi connectivity index (χ1) is 25.3. The number of para-hydroxylation sites is 1. The zero-order valence-corrected chi connectivity index (χ0v) is 29.5. The maximum atomic E-state index is 14.7. The standard InChI is InChI=1S/C31H32F7N7O8S/c1-16(26-39-13-18(32)24(41-26)22-14-51-11-12-52-22)17(2)54(47,48)44-28-43-42-27(45(28)25-20(49-3)8-6-9-21(25)50-4)19-7-5-10-23(40-19)53-15-29(46,30(33,34)35)31(36,37)38/h5-10,13,16-17,22,46H,11-12,14-15H2,1-4H3,(H,43,44)/t16-,17-,22-/m0/s1. The number of hydrogen-bond donors (Lipinski definition) is 2. The Hall–Kier alpha value is -4.87. The molecule has 4 aromatic rings. The molecule has 4 heterocycles.